The van der Waals surface area contributed by atoms with E-state index in [-0.39, 0.29) is 11.2 Å². The Hall–Kier alpha value is -2.96. The number of para-hydroxylation sites is 1. The van der Waals surface area contributed by atoms with Gasteiger partial charge >= 0.3 is 0 Å². The molecule has 0 saturated heterocycles. The second-order valence-electron chi connectivity index (χ2n) is 6.35. The summed E-state index contributed by atoms with van der Waals surface area (Å²) in [6.45, 7) is 1.71. The van der Waals surface area contributed by atoms with Gasteiger partial charge in [-0.05, 0) is 25.0 Å². The summed E-state index contributed by atoms with van der Waals surface area (Å²) in [5, 5.41) is 7.41. The van der Waals surface area contributed by atoms with Crippen LogP contribution in [0.2, 0.25) is 0 Å². The summed E-state index contributed by atoms with van der Waals surface area (Å²) < 4.78 is 10.7. The Morgan fingerprint density at radius 3 is 2.72 bits per heavy atom. The third-order valence-electron chi connectivity index (χ3n) is 4.62. The van der Waals surface area contributed by atoms with Crippen LogP contribution in [0, 0.1) is 6.92 Å². The van der Waals surface area contributed by atoms with Gasteiger partial charge in [0.2, 0.25) is 5.89 Å². The molecule has 2 aromatic heterocycles. The number of nitrogens with one attached hydrogen (secondary N) is 1. The third-order valence-corrected chi connectivity index (χ3v) is 4.62. The third kappa shape index (κ3) is 2.71. The minimum atomic E-state index is -0.681. The molecule has 0 bridgehead atoms. The quantitative estimate of drug-likeness (QED) is 0.788. The largest absolute Gasteiger partial charge is 0.451 e. The summed E-state index contributed by atoms with van der Waals surface area (Å²) in [6, 6.07) is 8.07. The van der Waals surface area contributed by atoms with E-state index in [1.165, 1.54) is 6.07 Å². The van der Waals surface area contributed by atoms with E-state index in [0.29, 0.717) is 22.7 Å². The molecule has 1 saturated carbocycles. The first-order valence-corrected chi connectivity index (χ1v) is 8.24. The highest BCUT2D eigenvalue weighted by Crippen LogP contribution is 2.37. The fourth-order valence-corrected chi connectivity index (χ4v) is 3.37. The first kappa shape index (κ1) is 15.6. The van der Waals surface area contributed by atoms with Crippen LogP contribution in [0.5, 0.6) is 0 Å². The molecule has 1 N–H and O–H groups in total. The fourth-order valence-electron chi connectivity index (χ4n) is 3.37. The van der Waals surface area contributed by atoms with Crippen LogP contribution >= 0.6 is 0 Å². The number of aromatic nitrogens is 2. The van der Waals surface area contributed by atoms with Gasteiger partial charge in [-0.3, -0.25) is 9.59 Å². The van der Waals surface area contributed by atoms with Crippen molar-refractivity contribution in [3.8, 4) is 0 Å². The number of aryl methyl sites for hydroxylation is 1. The van der Waals surface area contributed by atoms with Crippen LogP contribution in [0.1, 0.15) is 48.0 Å². The van der Waals surface area contributed by atoms with Crippen molar-refractivity contribution < 1.29 is 13.7 Å². The van der Waals surface area contributed by atoms with Crippen LogP contribution in [-0.2, 0) is 5.54 Å². The molecule has 1 aromatic carbocycles. The molecule has 0 atom stereocenters. The molecule has 0 spiro atoms. The van der Waals surface area contributed by atoms with Crippen LogP contribution in [0.3, 0.4) is 0 Å². The zero-order valence-corrected chi connectivity index (χ0v) is 13.7. The number of amides is 1. The van der Waals surface area contributed by atoms with Gasteiger partial charge in [0, 0.05) is 13.0 Å². The number of rotatable bonds is 3. The van der Waals surface area contributed by atoms with Crippen molar-refractivity contribution >= 4 is 16.9 Å². The molecular formula is C18H17N3O4. The van der Waals surface area contributed by atoms with E-state index in [4.69, 9.17) is 8.94 Å². The second-order valence-corrected chi connectivity index (χ2v) is 6.35. The standard InChI is InChI=1S/C18H17N3O4/c1-11-19-17(21-25-11)18(8-4-5-9-18)20-16(23)15-10-13(22)12-6-2-3-7-14(12)24-15/h2-3,6-7,10H,4-5,8-9H2,1H3,(H,20,23). The monoisotopic (exact) mass is 339 g/mol. The molecule has 1 fully saturated rings. The Bertz CT molecular complexity index is 999. The number of hydrogen-bond donors (Lipinski definition) is 1. The van der Waals surface area contributed by atoms with Crippen molar-refractivity contribution in [3.05, 3.63) is 58.0 Å². The average Bonchev–Trinajstić information content (AvgIpc) is 3.25. The smallest absolute Gasteiger partial charge is 0.287 e. The molecule has 0 aliphatic heterocycles. The van der Waals surface area contributed by atoms with Gasteiger partial charge in [-0.2, -0.15) is 4.98 Å². The van der Waals surface area contributed by atoms with Crippen molar-refractivity contribution in [2.75, 3.05) is 0 Å². The molecule has 128 valence electrons. The number of carbonyl (C=O) groups is 1. The summed E-state index contributed by atoms with van der Waals surface area (Å²) in [4.78, 5) is 29.3. The lowest BCUT2D eigenvalue weighted by Crippen LogP contribution is -2.44. The van der Waals surface area contributed by atoms with Gasteiger partial charge in [0.15, 0.2) is 17.0 Å². The van der Waals surface area contributed by atoms with Crippen LogP contribution in [0.4, 0.5) is 0 Å². The number of fused-ring (bicyclic) bond motifs is 1. The minimum Gasteiger partial charge on any atom is -0.451 e. The lowest BCUT2D eigenvalue weighted by molar-refractivity contribution is 0.0863. The number of hydrogen-bond acceptors (Lipinski definition) is 6. The zero-order chi connectivity index (χ0) is 17.4. The Morgan fingerprint density at radius 2 is 2.00 bits per heavy atom. The van der Waals surface area contributed by atoms with Crippen molar-refractivity contribution in [3.63, 3.8) is 0 Å². The van der Waals surface area contributed by atoms with E-state index in [1.54, 1.807) is 31.2 Å². The summed E-state index contributed by atoms with van der Waals surface area (Å²) in [5.41, 5.74) is -0.544. The molecule has 3 aromatic rings. The summed E-state index contributed by atoms with van der Waals surface area (Å²) >= 11 is 0. The van der Waals surface area contributed by atoms with Crippen molar-refractivity contribution in [2.45, 2.75) is 38.1 Å². The summed E-state index contributed by atoms with van der Waals surface area (Å²) in [6.07, 6.45) is 3.34. The lowest BCUT2D eigenvalue weighted by atomic mass is 9.96. The Labute approximate surface area is 143 Å². The van der Waals surface area contributed by atoms with Crippen LogP contribution < -0.4 is 10.7 Å². The maximum absolute atomic E-state index is 12.8. The van der Waals surface area contributed by atoms with Gasteiger partial charge in [0.05, 0.1) is 5.39 Å². The average molecular weight is 339 g/mol. The zero-order valence-electron chi connectivity index (χ0n) is 13.7. The molecule has 1 amide bonds. The number of nitrogens with zero attached hydrogens (tertiary/aromatic N) is 2. The predicted molar refractivity (Wildman–Crippen MR) is 89.1 cm³/mol. The van der Waals surface area contributed by atoms with Gasteiger partial charge < -0.3 is 14.3 Å². The molecule has 7 heteroatoms. The van der Waals surface area contributed by atoms with Crippen LogP contribution in [0.15, 0.2) is 44.1 Å². The highest BCUT2D eigenvalue weighted by Gasteiger charge is 2.41. The van der Waals surface area contributed by atoms with Gasteiger partial charge in [-0.15, -0.1) is 0 Å². The molecule has 25 heavy (non-hydrogen) atoms. The Balaban J connectivity index is 1.70. The van der Waals surface area contributed by atoms with Gasteiger partial charge in [-0.25, -0.2) is 0 Å². The highest BCUT2D eigenvalue weighted by molar-refractivity contribution is 5.93. The normalized spacial score (nSPS) is 16.2. The van der Waals surface area contributed by atoms with Gasteiger partial charge in [0.1, 0.15) is 11.1 Å². The fraction of sp³-hybridized carbons (Fsp3) is 0.333. The Morgan fingerprint density at radius 1 is 1.24 bits per heavy atom. The predicted octanol–water partition coefficient (Wildman–Crippen LogP) is 2.68. The second kappa shape index (κ2) is 5.84. The molecule has 4 rings (SSSR count). The Kier molecular flexibility index (Phi) is 3.63. The molecule has 0 radical (unpaired) electrons. The first-order valence-electron chi connectivity index (χ1n) is 8.24. The maximum Gasteiger partial charge on any atom is 0.287 e. The molecule has 2 heterocycles. The summed E-state index contributed by atoms with van der Waals surface area (Å²) in [7, 11) is 0. The van der Waals surface area contributed by atoms with E-state index >= 15 is 0 Å². The van der Waals surface area contributed by atoms with E-state index in [9.17, 15) is 9.59 Å². The van der Waals surface area contributed by atoms with Gasteiger partial charge in [-0.1, -0.05) is 30.1 Å². The topological polar surface area (TPSA) is 98.2 Å². The van der Waals surface area contributed by atoms with Crippen LogP contribution in [-0.4, -0.2) is 16.0 Å². The molecule has 1 aliphatic carbocycles. The first-order chi connectivity index (χ1) is 12.1. The molecule has 1 aliphatic rings. The molecular weight excluding hydrogens is 322 g/mol. The lowest BCUT2D eigenvalue weighted by Gasteiger charge is -2.26. The highest BCUT2D eigenvalue weighted by atomic mass is 16.5. The van der Waals surface area contributed by atoms with Gasteiger partial charge in [0.25, 0.3) is 5.91 Å². The summed E-state index contributed by atoms with van der Waals surface area (Å²) in [5.74, 6) is 0.453. The number of benzene rings is 1. The number of carbonyl (C=O) groups excluding carboxylic acids is 1. The minimum absolute atomic E-state index is 0.0183. The van der Waals surface area contributed by atoms with E-state index in [2.05, 4.69) is 15.5 Å². The van der Waals surface area contributed by atoms with Crippen LogP contribution in [0.25, 0.3) is 11.0 Å². The molecule has 0 unspecified atom stereocenters. The van der Waals surface area contributed by atoms with E-state index < -0.39 is 11.4 Å². The molecule has 7 nitrogen and oxygen atoms in total. The SMILES string of the molecule is Cc1nc(C2(NC(=O)c3cc(=O)c4ccccc4o3)CCCC2)no1. The van der Waals surface area contributed by atoms with E-state index in [1.807, 2.05) is 0 Å². The van der Waals surface area contributed by atoms with Crippen molar-refractivity contribution in [1.82, 2.24) is 15.5 Å². The van der Waals surface area contributed by atoms with E-state index in [0.717, 1.165) is 25.7 Å². The van der Waals surface area contributed by atoms with Crippen molar-refractivity contribution in [2.24, 2.45) is 0 Å². The maximum atomic E-state index is 12.8. The van der Waals surface area contributed by atoms with Crippen molar-refractivity contribution in [1.29, 1.82) is 0 Å².